The molecule has 7 nitrogen and oxygen atoms in total. The van der Waals surface area contributed by atoms with Gasteiger partial charge in [0.05, 0.1) is 16.9 Å². The van der Waals surface area contributed by atoms with E-state index in [0.717, 1.165) is 11.3 Å². The molecule has 0 bridgehead atoms. The Morgan fingerprint density at radius 2 is 1.84 bits per heavy atom. The van der Waals surface area contributed by atoms with Crippen LogP contribution in [0.2, 0.25) is 0 Å². The van der Waals surface area contributed by atoms with E-state index in [2.05, 4.69) is 10.3 Å². The Kier molecular flexibility index (Phi) is 5.41. The number of aromatic nitrogens is 1. The van der Waals surface area contributed by atoms with Gasteiger partial charge in [0, 0.05) is 13.5 Å². The molecule has 1 amide bonds. The highest BCUT2D eigenvalue weighted by Crippen LogP contribution is 2.38. The summed E-state index contributed by atoms with van der Waals surface area (Å²) in [5, 5.41) is 12.4. The third kappa shape index (κ3) is 4.28. The van der Waals surface area contributed by atoms with Crippen LogP contribution < -0.4 is 5.32 Å². The van der Waals surface area contributed by atoms with Crippen molar-refractivity contribution in [1.82, 2.24) is 10.3 Å². The number of carbonyl (C=O) groups excluding carboxylic acids is 1. The van der Waals surface area contributed by atoms with Gasteiger partial charge in [-0.3, -0.25) is 4.79 Å². The monoisotopic (exact) mass is 366 g/mol. The maximum atomic E-state index is 11.3. The first-order chi connectivity index (χ1) is 11.4. The number of aromatic carboxylic acids is 1. The number of amides is 1. The zero-order valence-corrected chi connectivity index (χ0v) is 16.1. The van der Waals surface area contributed by atoms with Gasteiger partial charge in [-0.15, -0.1) is 11.3 Å². The summed E-state index contributed by atoms with van der Waals surface area (Å²) >= 11 is 1.08. The number of carbonyl (C=O) groups is 2. The number of rotatable bonds is 5. The Balaban J connectivity index is 2.35. The van der Waals surface area contributed by atoms with Crippen molar-refractivity contribution in [2.24, 2.45) is 0 Å². The van der Waals surface area contributed by atoms with Gasteiger partial charge in [-0.25, -0.2) is 9.78 Å². The van der Waals surface area contributed by atoms with Gasteiger partial charge in [-0.2, -0.15) is 0 Å². The van der Waals surface area contributed by atoms with Crippen LogP contribution in [-0.2, 0) is 14.1 Å². The highest BCUT2D eigenvalue weighted by atomic mass is 32.1. The predicted molar refractivity (Wildman–Crippen MR) is 96.6 cm³/mol. The summed E-state index contributed by atoms with van der Waals surface area (Å²) in [7, 11) is -0.644. The summed E-state index contributed by atoms with van der Waals surface area (Å²) in [5.41, 5.74) is 0.104. The zero-order valence-electron chi connectivity index (χ0n) is 15.3. The molecule has 1 aliphatic rings. The van der Waals surface area contributed by atoms with Gasteiger partial charge in [-0.1, -0.05) is 0 Å². The Morgan fingerprint density at radius 3 is 2.28 bits per heavy atom. The van der Waals surface area contributed by atoms with E-state index in [-0.39, 0.29) is 17.3 Å². The quantitative estimate of drug-likeness (QED) is 0.776. The van der Waals surface area contributed by atoms with E-state index in [4.69, 9.17) is 9.31 Å². The number of hydrogen-bond acceptors (Lipinski definition) is 6. The third-order valence-electron chi connectivity index (χ3n) is 4.41. The molecule has 0 unspecified atom stereocenters. The first-order valence-electron chi connectivity index (χ1n) is 7.94. The van der Waals surface area contributed by atoms with Crippen LogP contribution >= 0.6 is 11.3 Å². The van der Waals surface area contributed by atoms with E-state index in [1.807, 2.05) is 27.7 Å². The number of hydrogen-bond donors (Lipinski definition) is 2. The molecule has 2 rings (SSSR count). The molecule has 9 heteroatoms. The van der Waals surface area contributed by atoms with Crippen molar-refractivity contribution in [3.05, 3.63) is 21.1 Å². The average molecular weight is 366 g/mol. The molecular formula is C16H23BN2O5S. The molecule has 2 N–H and O–H groups in total. The minimum Gasteiger partial charge on any atom is -0.477 e. The molecule has 0 radical (unpaired) electrons. The number of carboxylic acids is 1. The second-order valence-electron chi connectivity index (χ2n) is 6.99. The van der Waals surface area contributed by atoms with Crippen molar-refractivity contribution < 1.29 is 24.0 Å². The molecular weight excluding hydrogens is 343 g/mol. The summed E-state index contributed by atoms with van der Waals surface area (Å²) in [6, 6.07) is 0. The maximum absolute atomic E-state index is 11.3. The zero-order chi connectivity index (χ0) is 19.0. The Morgan fingerprint density at radius 1 is 1.28 bits per heavy atom. The summed E-state index contributed by atoms with van der Waals surface area (Å²) in [4.78, 5) is 27.0. The second kappa shape index (κ2) is 6.89. The van der Waals surface area contributed by atoms with Crippen molar-refractivity contribution in [3.63, 3.8) is 0 Å². The molecule has 1 aliphatic heterocycles. The van der Waals surface area contributed by atoms with Gasteiger partial charge >= 0.3 is 13.1 Å². The van der Waals surface area contributed by atoms with Gasteiger partial charge in [0.1, 0.15) is 9.88 Å². The maximum Gasteiger partial charge on any atom is 0.492 e. The Labute approximate surface area is 151 Å². The lowest BCUT2D eigenvalue weighted by molar-refractivity contribution is -0.118. The highest BCUT2D eigenvalue weighted by molar-refractivity contribution is 7.14. The highest BCUT2D eigenvalue weighted by Gasteiger charge is 2.52. The van der Waals surface area contributed by atoms with Crippen LogP contribution in [0.4, 0.5) is 0 Å². The summed E-state index contributed by atoms with van der Waals surface area (Å²) in [6.45, 7) is 11.1. The molecule has 1 aromatic heterocycles. The Hall–Kier alpha value is -1.71. The van der Waals surface area contributed by atoms with Crippen LogP contribution in [0.15, 0.2) is 5.47 Å². The van der Waals surface area contributed by atoms with Crippen molar-refractivity contribution >= 4 is 36.4 Å². The number of nitrogens with zero attached hydrogens (tertiary/aromatic N) is 1. The third-order valence-corrected chi connectivity index (χ3v) is 5.51. The van der Waals surface area contributed by atoms with Gasteiger partial charge in [0.25, 0.3) is 0 Å². The van der Waals surface area contributed by atoms with Gasteiger partial charge in [-0.05, 0) is 46.2 Å². The van der Waals surface area contributed by atoms with E-state index in [0.29, 0.717) is 16.2 Å². The number of carboxylic acid groups (broad SMARTS) is 1. The molecule has 0 aliphatic carbocycles. The summed E-state index contributed by atoms with van der Waals surface area (Å²) < 4.78 is 12.1. The lowest BCUT2D eigenvalue weighted by Crippen LogP contribution is -2.41. The van der Waals surface area contributed by atoms with E-state index < -0.39 is 24.3 Å². The molecule has 1 saturated heterocycles. The van der Waals surface area contributed by atoms with E-state index in [9.17, 15) is 14.7 Å². The van der Waals surface area contributed by atoms with E-state index in [1.165, 1.54) is 6.92 Å². The molecule has 0 atom stereocenters. The largest absolute Gasteiger partial charge is 0.492 e. The minimum atomic E-state index is -1.01. The fourth-order valence-electron chi connectivity index (χ4n) is 2.26. The molecule has 1 aromatic rings. The fraction of sp³-hybridized carbons (Fsp3) is 0.562. The first kappa shape index (κ1) is 19.6. The van der Waals surface area contributed by atoms with Crippen molar-refractivity contribution in [3.8, 4) is 0 Å². The number of nitrogens with one attached hydrogen (secondary N) is 1. The summed E-state index contributed by atoms with van der Waals surface area (Å²) in [5.74, 6) is -1.18. The van der Waals surface area contributed by atoms with Crippen molar-refractivity contribution in [2.75, 3.05) is 6.54 Å². The minimum absolute atomic E-state index is 0.177. The van der Waals surface area contributed by atoms with Gasteiger partial charge in [0.15, 0.2) is 0 Å². The predicted octanol–water partition coefficient (Wildman–Crippen LogP) is 2.30. The SMILES string of the molecule is CC(=O)NCC(=Cc1nc(C)c(C(=O)O)s1)B1OC(C)(C)C(C)(C)O1. The van der Waals surface area contributed by atoms with Gasteiger partial charge in [0.2, 0.25) is 5.91 Å². The van der Waals surface area contributed by atoms with Crippen LogP contribution in [-0.4, -0.2) is 46.8 Å². The van der Waals surface area contributed by atoms with E-state index >= 15 is 0 Å². The second-order valence-corrected chi connectivity index (χ2v) is 8.02. The van der Waals surface area contributed by atoms with Gasteiger partial charge < -0.3 is 19.7 Å². The molecule has 136 valence electrons. The Bertz CT molecular complexity index is 710. The standard InChI is InChI=1S/C16H23BN2O5S/c1-9-13(14(21)22)25-12(19-9)7-11(8-18-10(2)20)17-23-15(3,4)16(5,6)24-17/h7H,8H2,1-6H3,(H,18,20)(H,21,22). The molecule has 0 aromatic carbocycles. The van der Waals surface area contributed by atoms with E-state index in [1.54, 1.807) is 13.0 Å². The average Bonchev–Trinajstić information content (AvgIpc) is 2.92. The first-order valence-corrected chi connectivity index (χ1v) is 8.76. The molecule has 2 heterocycles. The topological polar surface area (TPSA) is 97.8 Å². The fourth-order valence-corrected chi connectivity index (χ4v) is 3.14. The number of thiazole rings is 1. The van der Waals surface area contributed by atoms with Crippen LogP contribution in [0.25, 0.3) is 6.08 Å². The molecule has 0 saturated carbocycles. The van der Waals surface area contributed by atoms with Crippen LogP contribution in [0, 0.1) is 6.92 Å². The normalized spacial score (nSPS) is 19.1. The van der Waals surface area contributed by atoms with Crippen LogP contribution in [0.1, 0.15) is 55.0 Å². The lowest BCUT2D eigenvalue weighted by Gasteiger charge is -2.32. The number of aryl methyl sites for hydroxylation is 1. The lowest BCUT2D eigenvalue weighted by atomic mass is 9.77. The van der Waals surface area contributed by atoms with Crippen LogP contribution in [0.3, 0.4) is 0 Å². The van der Waals surface area contributed by atoms with Crippen LogP contribution in [0.5, 0.6) is 0 Å². The molecule has 25 heavy (non-hydrogen) atoms. The molecule has 1 fully saturated rings. The van der Waals surface area contributed by atoms with Crippen molar-refractivity contribution in [1.29, 1.82) is 0 Å². The van der Waals surface area contributed by atoms with Crippen molar-refractivity contribution in [2.45, 2.75) is 52.7 Å². The molecule has 0 spiro atoms. The summed E-state index contributed by atoms with van der Waals surface area (Å²) in [6.07, 6.45) is 1.72. The smallest absolute Gasteiger partial charge is 0.477 e.